The Morgan fingerprint density at radius 2 is 2.18 bits per heavy atom. The molecule has 1 unspecified atom stereocenters. The minimum atomic E-state index is -0.305. The number of benzene rings is 1. The van der Waals surface area contributed by atoms with Crippen LogP contribution in [-0.2, 0) is 11.3 Å². The summed E-state index contributed by atoms with van der Waals surface area (Å²) < 4.78 is 1.60. The number of nitrogens with one attached hydrogen (secondary N) is 1. The summed E-state index contributed by atoms with van der Waals surface area (Å²) >= 11 is 13.6. The molecule has 0 saturated carbocycles. The van der Waals surface area contributed by atoms with Crippen molar-refractivity contribution < 1.29 is 4.79 Å². The Kier molecular flexibility index (Phi) is 5.42. The van der Waals surface area contributed by atoms with Crippen molar-refractivity contribution in [1.82, 2.24) is 14.3 Å². The number of hydrogen-bond donors (Lipinski definition) is 1. The summed E-state index contributed by atoms with van der Waals surface area (Å²) in [7, 11) is 0. The SMILES string of the molecule is Cc1csc2nc(CN3CCCC3C(=O)Nc3cc(Cl)ccc3Cl)cc(=O)n12. The van der Waals surface area contributed by atoms with E-state index in [0.717, 1.165) is 25.1 Å². The lowest BCUT2D eigenvalue weighted by atomic mass is 10.2. The molecule has 28 heavy (non-hydrogen) atoms. The number of carbonyl (C=O) groups is 1. The number of thiazole rings is 1. The summed E-state index contributed by atoms with van der Waals surface area (Å²) in [5, 5.41) is 5.73. The Morgan fingerprint density at radius 1 is 1.36 bits per heavy atom. The van der Waals surface area contributed by atoms with Crippen LogP contribution in [0.2, 0.25) is 10.0 Å². The van der Waals surface area contributed by atoms with E-state index < -0.39 is 0 Å². The normalized spacial score (nSPS) is 17.3. The zero-order valence-electron chi connectivity index (χ0n) is 15.1. The Bertz CT molecular complexity index is 1110. The zero-order valence-corrected chi connectivity index (χ0v) is 17.4. The van der Waals surface area contributed by atoms with Crippen molar-refractivity contribution in [3.63, 3.8) is 0 Å². The van der Waals surface area contributed by atoms with Gasteiger partial charge in [0.1, 0.15) is 0 Å². The molecule has 1 N–H and O–H groups in total. The lowest BCUT2D eigenvalue weighted by molar-refractivity contribution is -0.120. The third-order valence-corrected chi connectivity index (χ3v) is 6.35. The first-order valence-electron chi connectivity index (χ1n) is 8.89. The summed E-state index contributed by atoms with van der Waals surface area (Å²) in [4.78, 5) is 32.5. The highest BCUT2D eigenvalue weighted by atomic mass is 35.5. The van der Waals surface area contributed by atoms with Gasteiger partial charge in [-0.05, 0) is 44.5 Å². The molecule has 1 aliphatic heterocycles. The van der Waals surface area contributed by atoms with Crippen LogP contribution in [0.4, 0.5) is 5.69 Å². The van der Waals surface area contributed by atoms with E-state index in [-0.39, 0.29) is 17.5 Å². The van der Waals surface area contributed by atoms with E-state index in [2.05, 4.69) is 10.3 Å². The fourth-order valence-electron chi connectivity index (χ4n) is 3.51. The quantitative estimate of drug-likeness (QED) is 0.671. The first-order chi connectivity index (χ1) is 13.4. The molecule has 146 valence electrons. The molecule has 1 aromatic carbocycles. The summed E-state index contributed by atoms with van der Waals surface area (Å²) in [5.41, 5.74) is 1.95. The molecule has 1 saturated heterocycles. The number of amides is 1. The van der Waals surface area contributed by atoms with Crippen LogP contribution >= 0.6 is 34.5 Å². The van der Waals surface area contributed by atoms with Crippen LogP contribution in [0.1, 0.15) is 24.2 Å². The van der Waals surface area contributed by atoms with E-state index in [1.54, 1.807) is 28.7 Å². The minimum absolute atomic E-state index is 0.0929. The van der Waals surface area contributed by atoms with Crippen LogP contribution in [0.5, 0.6) is 0 Å². The van der Waals surface area contributed by atoms with E-state index >= 15 is 0 Å². The fraction of sp³-hybridized carbons (Fsp3) is 0.316. The van der Waals surface area contributed by atoms with Crippen LogP contribution in [0.3, 0.4) is 0 Å². The maximum absolute atomic E-state index is 12.8. The highest BCUT2D eigenvalue weighted by molar-refractivity contribution is 7.15. The first-order valence-corrected chi connectivity index (χ1v) is 10.5. The summed E-state index contributed by atoms with van der Waals surface area (Å²) in [6.07, 6.45) is 1.64. The molecule has 0 radical (unpaired) electrons. The first kappa shape index (κ1) is 19.4. The van der Waals surface area contributed by atoms with E-state index in [4.69, 9.17) is 23.2 Å². The average molecular weight is 437 g/mol. The molecule has 0 spiro atoms. The number of halogens is 2. The summed E-state index contributed by atoms with van der Waals surface area (Å²) in [5.74, 6) is -0.133. The van der Waals surface area contributed by atoms with Gasteiger partial charge in [0.05, 0.1) is 22.4 Å². The van der Waals surface area contributed by atoms with Gasteiger partial charge in [0.2, 0.25) is 5.91 Å². The number of hydrogen-bond acceptors (Lipinski definition) is 5. The molecule has 0 bridgehead atoms. The van der Waals surface area contributed by atoms with Gasteiger partial charge in [-0.15, -0.1) is 11.3 Å². The van der Waals surface area contributed by atoms with E-state index in [1.807, 2.05) is 17.2 Å². The van der Waals surface area contributed by atoms with Crippen molar-refractivity contribution in [2.24, 2.45) is 0 Å². The maximum Gasteiger partial charge on any atom is 0.259 e. The molecule has 1 amide bonds. The lowest BCUT2D eigenvalue weighted by Crippen LogP contribution is -2.39. The van der Waals surface area contributed by atoms with Crippen LogP contribution in [0.25, 0.3) is 4.96 Å². The maximum atomic E-state index is 12.8. The molecule has 6 nitrogen and oxygen atoms in total. The molecule has 9 heteroatoms. The molecule has 1 aliphatic rings. The number of likely N-dealkylation sites (tertiary alicyclic amines) is 1. The number of fused-ring (bicyclic) bond motifs is 1. The van der Waals surface area contributed by atoms with E-state index in [1.165, 1.54) is 11.3 Å². The smallest absolute Gasteiger partial charge is 0.259 e. The predicted molar refractivity (Wildman–Crippen MR) is 113 cm³/mol. The molecule has 2 aromatic heterocycles. The lowest BCUT2D eigenvalue weighted by Gasteiger charge is -2.23. The predicted octanol–water partition coefficient (Wildman–Crippen LogP) is 3.97. The Morgan fingerprint density at radius 3 is 3.00 bits per heavy atom. The second kappa shape index (κ2) is 7.83. The van der Waals surface area contributed by atoms with Crippen molar-refractivity contribution in [3.05, 3.63) is 61.4 Å². The molecule has 3 heterocycles. The minimum Gasteiger partial charge on any atom is -0.323 e. The highest BCUT2D eigenvalue weighted by Crippen LogP contribution is 2.27. The van der Waals surface area contributed by atoms with Gasteiger partial charge in [-0.1, -0.05) is 23.2 Å². The van der Waals surface area contributed by atoms with Crippen LogP contribution in [0, 0.1) is 6.92 Å². The molecule has 3 aromatic rings. The monoisotopic (exact) mass is 436 g/mol. The average Bonchev–Trinajstić information content (AvgIpc) is 3.25. The molecule has 1 atom stereocenters. The number of aryl methyl sites for hydroxylation is 1. The van der Waals surface area contributed by atoms with Gasteiger partial charge < -0.3 is 5.32 Å². The fourth-order valence-corrected chi connectivity index (χ4v) is 4.74. The molecular weight excluding hydrogens is 419 g/mol. The molecule has 0 aliphatic carbocycles. The topological polar surface area (TPSA) is 66.7 Å². The third-order valence-electron chi connectivity index (χ3n) is 4.85. The van der Waals surface area contributed by atoms with Crippen molar-refractivity contribution in [2.75, 3.05) is 11.9 Å². The second-order valence-electron chi connectivity index (χ2n) is 6.82. The summed E-state index contributed by atoms with van der Waals surface area (Å²) in [6, 6.07) is 6.21. The van der Waals surface area contributed by atoms with Crippen molar-refractivity contribution >= 4 is 51.1 Å². The Labute approximate surface area is 175 Å². The molecule has 1 fully saturated rings. The van der Waals surface area contributed by atoms with Crippen LogP contribution in [-0.4, -0.2) is 32.8 Å². The van der Waals surface area contributed by atoms with Gasteiger partial charge in [0, 0.05) is 28.7 Å². The van der Waals surface area contributed by atoms with Crippen molar-refractivity contribution in [1.29, 1.82) is 0 Å². The summed E-state index contributed by atoms with van der Waals surface area (Å²) in [6.45, 7) is 3.10. The second-order valence-corrected chi connectivity index (χ2v) is 8.50. The Balaban J connectivity index is 1.53. The van der Waals surface area contributed by atoms with E-state index in [0.29, 0.717) is 32.9 Å². The van der Waals surface area contributed by atoms with Gasteiger partial charge in [0.25, 0.3) is 5.56 Å². The number of aromatic nitrogens is 2. The number of rotatable bonds is 4. The van der Waals surface area contributed by atoms with Gasteiger partial charge in [-0.3, -0.25) is 18.9 Å². The van der Waals surface area contributed by atoms with Gasteiger partial charge in [-0.2, -0.15) is 0 Å². The molecular formula is C19H18Cl2N4O2S. The number of carbonyl (C=O) groups excluding carboxylic acids is 1. The van der Waals surface area contributed by atoms with Gasteiger partial charge >= 0.3 is 0 Å². The van der Waals surface area contributed by atoms with Crippen LogP contribution in [0.15, 0.2) is 34.4 Å². The van der Waals surface area contributed by atoms with Crippen molar-refractivity contribution in [2.45, 2.75) is 32.4 Å². The number of anilines is 1. The molecule has 4 rings (SSSR count). The highest BCUT2D eigenvalue weighted by Gasteiger charge is 2.31. The van der Waals surface area contributed by atoms with Crippen molar-refractivity contribution in [3.8, 4) is 0 Å². The third kappa shape index (κ3) is 3.80. The zero-order chi connectivity index (χ0) is 19.8. The number of nitrogens with zero attached hydrogens (tertiary/aromatic N) is 3. The largest absolute Gasteiger partial charge is 0.323 e. The van der Waals surface area contributed by atoms with Gasteiger partial charge in [-0.25, -0.2) is 4.98 Å². The van der Waals surface area contributed by atoms with Gasteiger partial charge in [0.15, 0.2) is 4.96 Å². The Hall–Kier alpha value is -1.93. The van der Waals surface area contributed by atoms with Crippen LogP contribution < -0.4 is 10.9 Å². The van der Waals surface area contributed by atoms with E-state index in [9.17, 15) is 9.59 Å². The standard InChI is InChI=1S/C19H18Cl2N4O2S/c1-11-10-28-19-22-13(8-17(26)25(11)19)9-24-6-2-3-16(24)18(27)23-15-7-12(20)4-5-14(15)21/h4-5,7-8,10,16H,2-3,6,9H2,1H3,(H,23,27).